The fraction of sp³-hybridized carbons (Fsp3) is 0.353. The molecular formula is C17H20N4O3S. The number of amides is 1. The Hall–Kier alpha value is -2.48. The van der Waals surface area contributed by atoms with Crippen LogP contribution in [-0.4, -0.2) is 41.8 Å². The molecule has 2 N–H and O–H groups in total. The van der Waals surface area contributed by atoms with Crippen molar-refractivity contribution in [1.29, 1.82) is 0 Å². The van der Waals surface area contributed by atoms with Gasteiger partial charge >= 0.3 is 0 Å². The lowest BCUT2D eigenvalue weighted by atomic mass is 10.1. The number of nitrogens with one attached hydrogen (secondary N) is 2. The summed E-state index contributed by atoms with van der Waals surface area (Å²) in [4.78, 5) is 20.6. The van der Waals surface area contributed by atoms with Crippen molar-refractivity contribution < 1.29 is 13.2 Å². The number of aryl methyl sites for hydroxylation is 2. The number of hydrogen-bond acceptors (Lipinski definition) is 6. The van der Waals surface area contributed by atoms with E-state index in [0.717, 1.165) is 16.8 Å². The van der Waals surface area contributed by atoms with Crippen LogP contribution < -0.4 is 10.6 Å². The maximum atomic E-state index is 12.3. The molecule has 25 heavy (non-hydrogen) atoms. The van der Waals surface area contributed by atoms with E-state index in [0.29, 0.717) is 12.2 Å². The van der Waals surface area contributed by atoms with Gasteiger partial charge in [-0.3, -0.25) is 4.79 Å². The molecular weight excluding hydrogens is 340 g/mol. The number of hydrogen-bond donors (Lipinski definition) is 2. The van der Waals surface area contributed by atoms with Gasteiger partial charge in [-0.15, -0.1) is 0 Å². The van der Waals surface area contributed by atoms with Crippen LogP contribution in [-0.2, 0) is 9.84 Å². The highest BCUT2D eigenvalue weighted by Gasteiger charge is 2.28. The lowest BCUT2D eigenvalue weighted by Gasteiger charge is -2.12. The summed E-state index contributed by atoms with van der Waals surface area (Å²) in [6, 6.07) is 5.63. The molecule has 2 aromatic rings. The van der Waals surface area contributed by atoms with Crippen LogP contribution in [0.2, 0.25) is 0 Å². The van der Waals surface area contributed by atoms with Gasteiger partial charge in [0.15, 0.2) is 9.84 Å². The lowest BCUT2D eigenvalue weighted by Crippen LogP contribution is -2.22. The van der Waals surface area contributed by atoms with E-state index in [1.165, 1.54) is 12.4 Å². The Balaban J connectivity index is 1.67. The molecule has 1 aromatic carbocycles. The topological polar surface area (TPSA) is 101 Å². The van der Waals surface area contributed by atoms with E-state index in [9.17, 15) is 13.2 Å². The maximum Gasteiger partial charge on any atom is 0.275 e. The minimum absolute atomic E-state index is 0.101. The van der Waals surface area contributed by atoms with Crippen LogP contribution in [0.5, 0.6) is 0 Å². The third kappa shape index (κ3) is 4.14. The van der Waals surface area contributed by atoms with Crippen molar-refractivity contribution in [2.75, 3.05) is 22.1 Å². The van der Waals surface area contributed by atoms with Crippen LogP contribution >= 0.6 is 0 Å². The number of carbonyl (C=O) groups excluding carboxylic acids is 1. The molecule has 1 unspecified atom stereocenters. The van der Waals surface area contributed by atoms with E-state index in [1.807, 2.05) is 32.0 Å². The summed E-state index contributed by atoms with van der Waals surface area (Å²) in [5.41, 5.74) is 2.92. The minimum atomic E-state index is -2.95. The summed E-state index contributed by atoms with van der Waals surface area (Å²) in [6.07, 6.45) is 3.39. The molecule has 0 spiro atoms. The SMILES string of the molecule is Cc1cccc(C)c1NC(=O)c1cnc(NC2CCS(=O)(=O)C2)cn1. The smallest absolute Gasteiger partial charge is 0.275 e. The molecule has 0 aliphatic carbocycles. The first kappa shape index (κ1) is 17.3. The quantitative estimate of drug-likeness (QED) is 0.864. The van der Waals surface area contributed by atoms with E-state index >= 15 is 0 Å². The van der Waals surface area contributed by atoms with Crippen molar-refractivity contribution in [2.24, 2.45) is 0 Å². The van der Waals surface area contributed by atoms with Crippen LogP contribution in [0, 0.1) is 13.8 Å². The summed E-state index contributed by atoms with van der Waals surface area (Å²) >= 11 is 0. The average molecular weight is 360 g/mol. The molecule has 0 bridgehead atoms. The Morgan fingerprint density at radius 1 is 1.16 bits per heavy atom. The van der Waals surface area contributed by atoms with Crippen LogP contribution in [0.3, 0.4) is 0 Å². The second-order valence-corrected chi connectivity index (χ2v) is 8.48. The molecule has 8 heteroatoms. The highest BCUT2D eigenvalue weighted by Crippen LogP contribution is 2.20. The third-order valence-electron chi connectivity index (χ3n) is 4.19. The number of para-hydroxylation sites is 1. The predicted molar refractivity (Wildman–Crippen MR) is 96.6 cm³/mol. The van der Waals surface area contributed by atoms with E-state index in [1.54, 1.807) is 0 Å². The van der Waals surface area contributed by atoms with Crippen molar-refractivity contribution in [1.82, 2.24) is 9.97 Å². The van der Waals surface area contributed by atoms with Crippen LogP contribution in [0.15, 0.2) is 30.6 Å². The zero-order chi connectivity index (χ0) is 18.0. The molecule has 0 saturated carbocycles. The monoisotopic (exact) mass is 360 g/mol. The number of benzene rings is 1. The maximum absolute atomic E-state index is 12.3. The molecule has 1 atom stereocenters. The van der Waals surface area contributed by atoms with E-state index in [4.69, 9.17) is 0 Å². The molecule has 1 aliphatic rings. The van der Waals surface area contributed by atoms with Gasteiger partial charge in [-0.25, -0.2) is 18.4 Å². The molecule has 0 radical (unpaired) electrons. The largest absolute Gasteiger partial charge is 0.365 e. The van der Waals surface area contributed by atoms with Gasteiger partial charge in [-0.1, -0.05) is 18.2 Å². The van der Waals surface area contributed by atoms with Crippen molar-refractivity contribution in [3.8, 4) is 0 Å². The van der Waals surface area contributed by atoms with Crippen LogP contribution in [0.25, 0.3) is 0 Å². The van der Waals surface area contributed by atoms with Crippen LogP contribution in [0.1, 0.15) is 28.0 Å². The summed E-state index contributed by atoms with van der Waals surface area (Å²) in [6.45, 7) is 3.86. The predicted octanol–water partition coefficient (Wildman–Crippen LogP) is 1.94. The second kappa shape index (κ2) is 6.79. The van der Waals surface area contributed by atoms with Gasteiger partial charge in [-0.2, -0.15) is 0 Å². The highest BCUT2D eigenvalue weighted by molar-refractivity contribution is 7.91. The van der Waals surface area contributed by atoms with Gasteiger partial charge in [-0.05, 0) is 31.4 Å². The van der Waals surface area contributed by atoms with Crippen molar-refractivity contribution >= 4 is 27.2 Å². The summed E-state index contributed by atoms with van der Waals surface area (Å²) in [7, 11) is -2.95. The molecule has 132 valence electrons. The summed E-state index contributed by atoms with van der Waals surface area (Å²) < 4.78 is 22.9. The summed E-state index contributed by atoms with van der Waals surface area (Å²) in [5, 5.41) is 5.90. The minimum Gasteiger partial charge on any atom is -0.365 e. The normalized spacial score (nSPS) is 18.7. The Morgan fingerprint density at radius 3 is 2.44 bits per heavy atom. The molecule has 2 heterocycles. The Labute approximate surface area is 146 Å². The first-order valence-electron chi connectivity index (χ1n) is 8.00. The van der Waals surface area contributed by atoms with Gasteiger partial charge in [0.05, 0.1) is 23.9 Å². The summed E-state index contributed by atoms with van der Waals surface area (Å²) in [5.74, 6) is 0.420. The van der Waals surface area contributed by atoms with Gasteiger partial charge in [0.1, 0.15) is 11.5 Å². The van der Waals surface area contributed by atoms with E-state index < -0.39 is 9.84 Å². The van der Waals surface area contributed by atoms with Crippen molar-refractivity contribution in [2.45, 2.75) is 26.3 Å². The van der Waals surface area contributed by atoms with E-state index in [-0.39, 0.29) is 29.1 Å². The van der Waals surface area contributed by atoms with Gasteiger partial charge in [0.2, 0.25) is 0 Å². The number of sulfone groups is 1. The molecule has 7 nitrogen and oxygen atoms in total. The molecule has 1 aliphatic heterocycles. The Kier molecular flexibility index (Phi) is 4.71. The first-order chi connectivity index (χ1) is 11.8. The Bertz CT molecular complexity index is 874. The molecule has 1 fully saturated rings. The number of anilines is 2. The molecule has 1 saturated heterocycles. The zero-order valence-corrected chi connectivity index (χ0v) is 14.9. The molecule has 1 amide bonds. The zero-order valence-electron chi connectivity index (χ0n) is 14.1. The van der Waals surface area contributed by atoms with Crippen molar-refractivity contribution in [3.63, 3.8) is 0 Å². The fourth-order valence-corrected chi connectivity index (χ4v) is 4.50. The third-order valence-corrected chi connectivity index (χ3v) is 5.96. The number of aromatic nitrogens is 2. The fourth-order valence-electron chi connectivity index (χ4n) is 2.83. The first-order valence-corrected chi connectivity index (χ1v) is 9.83. The number of rotatable bonds is 4. The highest BCUT2D eigenvalue weighted by atomic mass is 32.2. The molecule has 3 rings (SSSR count). The number of carbonyl (C=O) groups is 1. The second-order valence-electron chi connectivity index (χ2n) is 6.25. The van der Waals surface area contributed by atoms with Gasteiger partial charge in [0, 0.05) is 11.7 Å². The molecule has 1 aromatic heterocycles. The van der Waals surface area contributed by atoms with Crippen molar-refractivity contribution in [3.05, 3.63) is 47.4 Å². The van der Waals surface area contributed by atoms with E-state index in [2.05, 4.69) is 20.6 Å². The Morgan fingerprint density at radius 2 is 1.88 bits per heavy atom. The van der Waals surface area contributed by atoms with Crippen LogP contribution in [0.4, 0.5) is 11.5 Å². The number of nitrogens with zero attached hydrogens (tertiary/aromatic N) is 2. The van der Waals surface area contributed by atoms with Gasteiger partial charge in [0.25, 0.3) is 5.91 Å². The average Bonchev–Trinajstić information content (AvgIpc) is 2.90. The standard InChI is InChI=1S/C17H20N4O3S/c1-11-4-3-5-12(2)16(11)21-17(22)14-8-19-15(9-18-14)20-13-6-7-25(23,24)10-13/h3-5,8-9,13H,6-7,10H2,1-2H3,(H,19,20)(H,21,22). The van der Waals surface area contributed by atoms with Gasteiger partial charge < -0.3 is 10.6 Å². The lowest BCUT2D eigenvalue weighted by molar-refractivity contribution is 0.102.